The maximum atomic E-state index is 12.9. The molecule has 2 heterocycles. The fourth-order valence-corrected chi connectivity index (χ4v) is 2.10. The number of benzene rings is 1. The van der Waals surface area contributed by atoms with Crippen molar-refractivity contribution in [2.24, 2.45) is 0 Å². The Morgan fingerprint density at radius 2 is 1.88 bits per heavy atom. The average molecular weight is 339 g/mol. The first-order chi connectivity index (χ1) is 12.1. The zero-order valence-electron chi connectivity index (χ0n) is 13.0. The summed E-state index contributed by atoms with van der Waals surface area (Å²) in [5.74, 6) is -0.627. The number of nitrogens with one attached hydrogen (secondary N) is 2. The molecule has 0 unspecified atom stereocenters. The van der Waals surface area contributed by atoms with Gasteiger partial charge in [0.2, 0.25) is 0 Å². The summed E-state index contributed by atoms with van der Waals surface area (Å²) < 4.78 is 18.0. The highest BCUT2D eigenvalue weighted by Crippen LogP contribution is 2.11. The number of amides is 2. The van der Waals surface area contributed by atoms with Crippen LogP contribution in [0.1, 0.15) is 26.6 Å². The molecule has 0 aliphatic heterocycles. The Morgan fingerprint density at radius 3 is 2.60 bits per heavy atom. The zero-order chi connectivity index (χ0) is 17.6. The van der Waals surface area contributed by atoms with Gasteiger partial charge in [-0.05, 0) is 48.5 Å². The number of halogens is 1. The predicted molar refractivity (Wildman–Crippen MR) is 88.5 cm³/mol. The molecule has 0 aliphatic carbocycles. The number of rotatable bonds is 5. The van der Waals surface area contributed by atoms with Crippen molar-refractivity contribution in [1.29, 1.82) is 0 Å². The minimum absolute atomic E-state index is 0.110. The second kappa shape index (κ2) is 7.39. The quantitative estimate of drug-likeness (QED) is 0.748. The molecule has 1 aromatic carbocycles. The molecule has 2 aromatic heterocycles. The molecular formula is C18H14FN3O3. The van der Waals surface area contributed by atoms with Gasteiger partial charge in [0.25, 0.3) is 11.8 Å². The molecule has 2 N–H and O–H groups in total. The van der Waals surface area contributed by atoms with Gasteiger partial charge in [-0.1, -0.05) is 0 Å². The van der Waals surface area contributed by atoms with E-state index in [1.807, 2.05) is 0 Å². The van der Waals surface area contributed by atoms with Crippen molar-refractivity contribution in [2.45, 2.75) is 6.54 Å². The van der Waals surface area contributed by atoms with Crippen LogP contribution in [0.4, 0.5) is 10.1 Å². The Hall–Kier alpha value is -3.48. The van der Waals surface area contributed by atoms with Crippen LogP contribution in [0.2, 0.25) is 0 Å². The third kappa shape index (κ3) is 4.29. The normalized spacial score (nSPS) is 10.3. The molecule has 0 atom stereocenters. The van der Waals surface area contributed by atoms with Gasteiger partial charge >= 0.3 is 0 Å². The molecule has 3 rings (SSSR count). The molecular weight excluding hydrogens is 325 g/mol. The number of hydrogen-bond acceptors (Lipinski definition) is 4. The van der Waals surface area contributed by atoms with Gasteiger partial charge in [-0.3, -0.25) is 14.6 Å². The highest BCUT2D eigenvalue weighted by atomic mass is 19.1. The van der Waals surface area contributed by atoms with Gasteiger partial charge in [0.15, 0.2) is 0 Å². The summed E-state index contributed by atoms with van der Waals surface area (Å²) in [5.41, 5.74) is 0.827. The largest absolute Gasteiger partial charge is 0.467 e. The number of aromatic nitrogens is 1. The van der Waals surface area contributed by atoms with Crippen LogP contribution < -0.4 is 10.6 Å². The summed E-state index contributed by atoms with van der Waals surface area (Å²) in [6, 6.07) is 11.7. The van der Waals surface area contributed by atoms with Gasteiger partial charge in [0.1, 0.15) is 17.3 Å². The molecule has 0 fully saturated rings. The fourth-order valence-electron chi connectivity index (χ4n) is 2.10. The van der Waals surface area contributed by atoms with E-state index in [0.717, 1.165) is 0 Å². The summed E-state index contributed by atoms with van der Waals surface area (Å²) in [6.07, 6.45) is 2.89. The van der Waals surface area contributed by atoms with Crippen molar-refractivity contribution in [3.63, 3.8) is 0 Å². The van der Waals surface area contributed by atoms with Gasteiger partial charge < -0.3 is 15.1 Å². The van der Waals surface area contributed by atoms with Crippen LogP contribution in [0.15, 0.2) is 65.4 Å². The van der Waals surface area contributed by atoms with E-state index in [1.165, 1.54) is 48.9 Å². The zero-order valence-corrected chi connectivity index (χ0v) is 13.0. The average Bonchev–Trinajstić information content (AvgIpc) is 3.15. The molecule has 0 spiro atoms. The van der Waals surface area contributed by atoms with Crippen LogP contribution >= 0.6 is 0 Å². The Kier molecular flexibility index (Phi) is 4.84. The van der Waals surface area contributed by atoms with Crippen LogP contribution in [0.5, 0.6) is 0 Å². The molecule has 25 heavy (non-hydrogen) atoms. The molecule has 0 aliphatic rings. The molecule has 0 radical (unpaired) electrons. The summed E-state index contributed by atoms with van der Waals surface area (Å²) in [4.78, 5) is 28.3. The summed E-state index contributed by atoms with van der Waals surface area (Å²) in [7, 11) is 0. The van der Waals surface area contributed by atoms with Crippen LogP contribution in [-0.2, 0) is 6.54 Å². The lowest BCUT2D eigenvalue weighted by Gasteiger charge is -2.07. The van der Waals surface area contributed by atoms with Crippen LogP contribution in [0.3, 0.4) is 0 Å². The highest BCUT2D eigenvalue weighted by molar-refractivity contribution is 6.05. The smallest absolute Gasteiger partial charge is 0.270 e. The van der Waals surface area contributed by atoms with Gasteiger partial charge in [-0.25, -0.2) is 4.39 Å². The summed E-state index contributed by atoms with van der Waals surface area (Å²) >= 11 is 0. The van der Waals surface area contributed by atoms with Crippen LogP contribution in [0.25, 0.3) is 0 Å². The van der Waals surface area contributed by atoms with Crippen molar-refractivity contribution in [3.05, 3.63) is 83.8 Å². The SMILES string of the molecule is O=C(Nc1ccc(F)cc1)c1ccnc(C(=O)NCc2ccco2)c1. The van der Waals surface area contributed by atoms with Gasteiger partial charge in [-0.2, -0.15) is 0 Å². The lowest BCUT2D eigenvalue weighted by molar-refractivity contribution is 0.0943. The van der Waals surface area contributed by atoms with E-state index in [0.29, 0.717) is 11.4 Å². The standard InChI is InChI=1S/C18H14FN3O3/c19-13-3-5-14(6-4-13)22-17(23)12-7-8-20-16(10-12)18(24)21-11-15-2-1-9-25-15/h1-10H,11H2,(H,21,24)(H,22,23). The number of carbonyl (C=O) groups excluding carboxylic acids is 2. The Labute approximate surface area is 142 Å². The van der Waals surface area contributed by atoms with E-state index in [2.05, 4.69) is 15.6 Å². The molecule has 0 saturated heterocycles. The Morgan fingerprint density at radius 1 is 1.08 bits per heavy atom. The fraction of sp³-hybridized carbons (Fsp3) is 0.0556. The maximum absolute atomic E-state index is 12.9. The van der Waals surface area contributed by atoms with E-state index >= 15 is 0 Å². The number of carbonyl (C=O) groups is 2. The predicted octanol–water partition coefficient (Wildman–Crippen LogP) is 3.00. The van der Waals surface area contributed by atoms with E-state index in [4.69, 9.17) is 4.42 Å². The topological polar surface area (TPSA) is 84.2 Å². The first kappa shape index (κ1) is 16.4. The summed E-state index contributed by atoms with van der Waals surface area (Å²) in [6.45, 7) is 0.222. The molecule has 126 valence electrons. The van der Waals surface area contributed by atoms with Crippen molar-refractivity contribution in [2.75, 3.05) is 5.32 Å². The molecule has 3 aromatic rings. The maximum Gasteiger partial charge on any atom is 0.270 e. The molecule has 0 bridgehead atoms. The second-order valence-electron chi connectivity index (χ2n) is 5.15. The van der Waals surface area contributed by atoms with Crippen molar-refractivity contribution < 1.29 is 18.4 Å². The lowest BCUT2D eigenvalue weighted by Crippen LogP contribution is -2.24. The van der Waals surface area contributed by atoms with E-state index in [1.54, 1.807) is 12.1 Å². The molecule has 6 nitrogen and oxygen atoms in total. The van der Waals surface area contributed by atoms with Crippen molar-refractivity contribution in [3.8, 4) is 0 Å². The van der Waals surface area contributed by atoms with Crippen molar-refractivity contribution in [1.82, 2.24) is 10.3 Å². The monoisotopic (exact) mass is 339 g/mol. The number of anilines is 1. The Balaban J connectivity index is 1.66. The number of furan rings is 1. The minimum atomic E-state index is -0.423. The third-order valence-electron chi connectivity index (χ3n) is 3.36. The van der Waals surface area contributed by atoms with Crippen LogP contribution in [-0.4, -0.2) is 16.8 Å². The Bertz CT molecular complexity index is 877. The van der Waals surface area contributed by atoms with Gasteiger partial charge in [-0.15, -0.1) is 0 Å². The van der Waals surface area contributed by atoms with E-state index in [9.17, 15) is 14.0 Å². The van der Waals surface area contributed by atoms with Gasteiger partial charge in [0.05, 0.1) is 12.8 Å². The first-order valence-corrected chi connectivity index (χ1v) is 7.45. The third-order valence-corrected chi connectivity index (χ3v) is 3.36. The number of hydrogen-bond donors (Lipinski definition) is 2. The summed E-state index contributed by atoms with van der Waals surface area (Å²) in [5, 5.41) is 5.28. The first-order valence-electron chi connectivity index (χ1n) is 7.45. The van der Waals surface area contributed by atoms with Crippen molar-refractivity contribution >= 4 is 17.5 Å². The number of pyridine rings is 1. The minimum Gasteiger partial charge on any atom is -0.467 e. The van der Waals surface area contributed by atoms with E-state index in [-0.39, 0.29) is 17.8 Å². The molecule has 0 saturated carbocycles. The molecule has 7 heteroatoms. The second-order valence-corrected chi connectivity index (χ2v) is 5.15. The van der Waals surface area contributed by atoms with E-state index < -0.39 is 17.6 Å². The highest BCUT2D eigenvalue weighted by Gasteiger charge is 2.12. The molecule has 2 amide bonds. The van der Waals surface area contributed by atoms with Gasteiger partial charge in [0, 0.05) is 17.4 Å². The van der Waals surface area contributed by atoms with Crippen LogP contribution in [0, 0.1) is 5.82 Å². The lowest BCUT2D eigenvalue weighted by atomic mass is 10.2. The number of nitrogens with zero attached hydrogens (tertiary/aromatic N) is 1.